The van der Waals surface area contributed by atoms with E-state index in [4.69, 9.17) is 9.47 Å². The van der Waals surface area contributed by atoms with Crippen LogP contribution in [0, 0.1) is 6.92 Å². The zero-order chi connectivity index (χ0) is 16.8. The molecule has 23 heavy (non-hydrogen) atoms. The van der Waals surface area contributed by atoms with Gasteiger partial charge in [0, 0.05) is 11.0 Å². The number of ether oxygens (including phenoxy) is 2. The van der Waals surface area contributed by atoms with Crippen LogP contribution >= 0.6 is 11.8 Å². The van der Waals surface area contributed by atoms with Crippen LogP contribution in [0.5, 0.6) is 11.5 Å². The van der Waals surface area contributed by atoms with Crippen LogP contribution in [0.3, 0.4) is 0 Å². The third kappa shape index (κ3) is 4.66. The van der Waals surface area contributed by atoms with Gasteiger partial charge >= 0.3 is 0 Å². The number of nitrogens with one attached hydrogen (secondary N) is 1. The molecule has 0 saturated carbocycles. The van der Waals surface area contributed by atoms with E-state index in [1.807, 2.05) is 38.1 Å². The number of anilines is 1. The lowest BCUT2D eigenvalue weighted by molar-refractivity contribution is -0.115. The molecule has 0 aromatic heterocycles. The lowest BCUT2D eigenvalue weighted by Crippen LogP contribution is -2.22. The summed E-state index contributed by atoms with van der Waals surface area (Å²) in [4.78, 5) is 13.5. The summed E-state index contributed by atoms with van der Waals surface area (Å²) in [6.45, 7) is 3.93. The van der Waals surface area contributed by atoms with Gasteiger partial charge in [0.1, 0.15) is 11.5 Å². The van der Waals surface area contributed by atoms with Crippen molar-refractivity contribution in [3.63, 3.8) is 0 Å². The molecular formula is C18H21NO3S. The second-order valence-electron chi connectivity index (χ2n) is 5.13. The smallest absolute Gasteiger partial charge is 0.237 e. The fourth-order valence-electron chi connectivity index (χ4n) is 2.01. The van der Waals surface area contributed by atoms with E-state index in [-0.39, 0.29) is 11.2 Å². The summed E-state index contributed by atoms with van der Waals surface area (Å²) in [5.74, 6) is 1.19. The Bertz CT molecular complexity index is 670. The number of methoxy groups -OCH3 is 2. The first-order valence-electron chi connectivity index (χ1n) is 7.29. The molecule has 0 saturated heterocycles. The fraction of sp³-hybridized carbons (Fsp3) is 0.278. The molecule has 0 radical (unpaired) electrons. The van der Waals surface area contributed by atoms with Crippen molar-refractivity contribution in [1.29, 1.82) is 0 Å². The monoisotopic (exact) mass is 331 g/mol. The van der Waals surface area contributed by atoms with Crippen LogP contribution < -0.4 is 14.8 Å². The predicted molar refractivity (Wildman–Crippen MR) is 94.7 cm³/mol. The number of benzene rings is 2. The molecule has 1 amide bonds. The quantitative estimate of drug-likeness (QED) is 0.809. The number of aryl methyl sites for hydroxylation is 1. The standard InChI is InChI=1S/C18H21NO3S/c1-12-5-8-15(9-6-12)23-13(2)18(20)19-16-10-7-14(21-3)11-17(16)22-4/h5-11,13H,1-4H3,(H,19,20). The number of amides is 1. The van der Waals surface area contributed by atoms with E-state index in [9.17, 15) is 4.79 Å². The van der Waals surface area contributed by atoms with Gasteiger partial charge in [-0.05, 0) is 38.1 Å². The normalized spacial score (nSPS) is 11.7. The van der Waals surface area contributed by atoms with Gasteiger partial charge in [-0.15, -0.1) is 11.8 Å². The lowest BCUT2D eigenvalue weighted by Gasteiger charge is -2.15. The fourth-order valence-corrected chi connectivity index (χ4v) is 2.88. The Labute approximate surface area is 141 Å². The van der Waals surface area contributed by atoms with Crippen LogP contribution in [-0.4, -0.2) is 25.4 Å². The molecular weight excluding hydrogens is 310 g/mol. The first-order chi connectivity index (χ1) is 11.0. The van der Waals surface area contributed by atoms with Gasteiger partial charge in [-0.3, -0.25) is 4.79 Å². The summed E-state index contributed by atoms with van der Waals surface area (Å²) in [6.07, 6.45) is 0. The van der Waals surface area contributed by atoms with Crippen LogP contribution in [0.15, 0.2) is 47.4 Å². The van der Waals surface area contributed by atoms with Crippen molar-refractivity contribution in [2.45, 2.75) is 24.0 Å². The van der Waals surface area contributed by atoms with Crippen molar-refractivity contribution in [2.75, 3.05) is 19.5 Å². The number of carbonyl (C=O) groups excluding carboxylic acids is 1. The van der Waals surface area contributed by atoms with Gasteiger partial charge in [0.2, 0.25) is 5.91 Å². The minimum Gasteiger partial charge on any atom is -0.497 e. The highest BCUT2D eigenvalue weighted by Crippen LogP contribution is 2.30. The summed E-state index contributed by atoms with van der Waals surface area (Å²) in [6, 6.07) is 13.4. The number of carbonyl (C=O) groups is 1. The number of thioether (sulfide) groups is 1. The third-order valence-corrected chi connectivity index (χ3v) is 4.48. The Morgan fingerprint density at radius 1 is 1.09 bits per heavy atom. The Kier molecular flexibility index (Phi) is 5.93. The highest BCUT2D eigenvalue weighted by molar-refractivity contribution is 8.00. The summed E-state index contributed by atoms with van der Waals surface area (Å²) in [7, 11) is 3.15. The summed E-state index contributed by atoms with van der Waals surface area (Å²) < 4.78 is 10.5. The molecule has 0 aliphatic rings. The van der Waals surface area contributed by atoms with Gasteiger partial charge in [0.15, 0.2) is 0 Å². The van der Waals surface area contributed by atoms with E-state index in [1.165, 1.54) is 17.3 Å². The molecule has 0 heterocycles. The molecule has 2 rings (SSSR count). The zero-order valence-electron chi connectivity index (χ0n) is 13.8. The third-order valence-electron chi connectivity index (χ3n) is 3.37. The SMILES string of the molecule is COc1ccc(NC(=O)C(C)Sc2ccc(C)cc2)c(OC)c1. The van der Waals surface area contributed by atoms with Gasteiger partial charge in [0.25, 0.3) is 0 Å². The molecule has 2 aromatic rings. The number of hydrogen-bond donors (Lipinski definition) is 1. The minimum absolute atomic E-state index is 0.0703. The van der Waals surface area contributed by atoms with E-state index in [2.05, 4.69) is 5.32 Å². The molecule has 2 aromatic carbocycles. The largest absolute Gasteiger partial charge is 0.497 e. The minimum atomic E-state index is -0.218. The van der Waals surface area contributed by atoms with Gasteiger partial charge in [-0.25, -0.2) is 0 Å². The summed E-state index contributed by atoms with van der Waals surface area (Å²) in [5, 5.41) is 2.69. The first kappa shape index (κ1) is 17.2. The van der Waals surface area contributed by atoms with Crippen molar-refractivity contribution in [3.05, 3.63) is 48.0 Å². The summed E-state index contributed by atoms with van der Waals surface area (Å²) in [5.41, 5.74) is 1.84. The van der Waals surface area contributed by atoms with Gasteiger partial charge < -0.3 is 14.8 Å². The van der Waals surface area contributed by atoms with Crippen LogP contribution in [0.2, 0.25) is 0 Å². The number of rotatable bonds is 6. The van der Waals surface area contributed by atoms with Crippen LogP contribution in [0.1, 0.15) is 12.5 Å². The maximum absolute atomic E-state index is 12.4. The van der Waals surface area contributed by atoms with Crippen LogP contribution in [0.4, 0.5) is 5.69 Å². The molecule has 122 valence electrons. The van der Waals surface area contributed by atoms with Crippen molar-refractivity contribution >= 4 is 23.4 Å². The van der Waals surface area contributed by atoms with E-state index in [0.29, 0.717) is 17.2 Å². The highest BCUT2D eigenvalue weighted by atomic mass is 32.2. The second-order valence-corrected chi connectivity index (χ2v) is 6.54. The molecule has 0 aliphatic carbocycles. The van der Waals surface area contributed by atoms with Gasteiger partial charge in [-0.1, -0.05) is 17.7 Å². The Morgan fingerprint density at radius 2 is 1.78 bits per heavy atom. The second kappa shape index (κ2) is 7.92. The molecule has 1 N–H and O–H groups in total. The lowest BCUT2D eigenvalue weighted by atomic mass is 10.2. The van der Waals surface area contributed by atoms with E-state index in [1.54, 1.807) is 32.4 Å². The molecule has 4 nitrogen and oxygen atoms in total. The average Bonchev–Trinajstić information content (AvgIpc) is 2.57. The van der Waals surface area contributed by atoms with E-state index in [0.717, 1.165) is 4.90 Å². The molecule has 0 fully saturated rings. The van der Waals surface area contributed by atoms with Crippen molar-refractivity contribution < 1.29 is 14.3 Å². The maximum atomic E-state index is 12.4. The molecule has 5 heteroatoms. The highest BCUT2D eigenvalue weighted by Gasteiger charge is 2.16. The van der Waals surface area contributed by atoms with Crippen molar-refractivity contribution in [3.8, 4) is 11.5 Å². The predicted octanol–water partition coefficient (Wildman–Crippen LogP) is 4.13. The van der Waals surface area contributed by atoms with E-state index < -0.39 is 0 Å². The van der Waals surface area contributed by atoms with Gasteiger partial charge in [-0.2, -0.15) is 0 Å². The zero-order valence-corrected chi connectivity index (χ0v) is 14.6. The van der Waals surface area contributed by atoms with Crippen LogP contribution in [-0.2, 0) is 4.79 Å². The first-order valence-corrected chi connectivity index (χ1v) is 8.17. The van der Waals surface area contributed by atoms with Crippen molar-refractivity contribution in [2.24, 2.45) is 0 Å². The molecule has 1 unspecified atom stereocenters. The topological polar surface area (TPSA) is 47.6 Å². The van der Waals surface area contributed by atoms with Gasteiger partial charge in [0.05, 0.1) is 25.2 Å². The Balaban J connectivity index is 2.04. The Hall–Kier alpha value is -2.14. The summed E-state index contributed by atoms with van der Waals surface area (Å²) >= 11 is 1.52. The molecule has 0 aliphatic heterocycles. The number of hydrogen-bond acceptors (Lipinski definition) is 4. The Morgan fingerprint density at radius 3 is 2.39 bits per heavy atom. The average molecular weight is 331 g/mol. The van der Waals surface area contributed by atoms with E-state index >= 15 is 0 Å². The van der Waals surface area contributed by atoms with Crippen LogP contribution in [0.25, 0.3) is 0 Å². The maximum Gasteiger partial charge on any atom is 0.237 e. The molecule has 1 atom stereocenters. The molecule has 0 spiro atoms. The molecule has 0 bridgehead atoms. The van der Waals surface area contributed by atoms with Crippen molar-refractivity contribution in [1.82, 2.24) is 0 Å².